The quantitative estimate of drug-likeness (QED) is 0.692. The normalized spacial score (nSPS) is 9.47. The van der Waals surface area contributed by atoms with Crippen molar-refractivity contribution in [1.82, 2.24) is 0 Å². The fourth-order valence-corrected chi connectivity index (χ4v) is 1.49. The summed E-state index contributed by atoms with van der Waals surface area (Å²) in [5.41, 5.74) is 2.61. The zero-order valence-corrected chi connectivity index (χ0v) is 9.13. The van der Waals surface area contributed by atoms with E-state index in [1.807, 2.05) is 26.0 Å². The van der Waals surface area contributed by atoms with E-state index in [1.165, 1.54) is 7.11 Å². The third-order valence-corrected chi connectivity index (χ3v) is 2.32. The third-order valence-electron chi connectivity index (χ3n) is 2.32. The summed E-state index contributed by atoms with van der Waals surface area (Å²) in [5.74, 6) is -0.454. The fraction of sp³-hybridized carbons (Fsp3) is 0.333. The van der Waals surface area contributed by atoms with Gasteiger partial charge in [-0.1, -0.05) is 13.0 Å². The van der Waals surface area contributed by atoms with Crippen molar-refractivity contribution in [2.45, 2.75) is 20.3 Å². The number of nitriles is 1. The summed E-state index contributed by atoms with van der Waals surface area (Å²) in [4.78, 5) is 11.4. The Bertz CT molecular complexity index is 430. The average Bonchev–Trinajstić information content (AvgIpc) is 2.26. The standard InChI is InChI=1S/C12H13NO2/c1-4-9-5-8(2)11(7-13)10(6-9)12(14)15-3/h5-6H,4H2,1-3H3. The van der Waals surface area contributed by atoms with E-state index in [-0.39, 0.29) is 0 Å². The molecule has 0 aliphatic carbocycles. The molecule has 0 radical (unpaired) electrons. The van der Waals surface area contributed by atoms with E-state index in [9.17, 15) is 4.79 Å². The van der Waals surface area contributed by atoms with Crippen molar-refractivity contribution in [3.8, 4) is 6.07 Å². The Labute approximate surface area is 89.3 Å². The number of hydrogen-bond donors (Lipinski definition) is 0. The predicted octanol–water partition coefficient (Wildman–Crippen LogP) is 2.22. The molecule has 0 aliphatic heterocycles. The van der Waals surface area contributed by atoms with E-state index in [1.54, 1.807) is 6.07 Å². The molecule has 0 bridgehead atoms. The number of aryl methyl sites for hydroxylation is 2. The maximum atomic E-state index is 11.4. The highest BCUT2D eigenvalue weighted by molar-refractivity contribution is 5.92. The minimum absolute atomic E-state index is 0.358. The summed E-state index contributed by atoms with van der Waals surface area (Å²) in [6, 6.07) is 5.67. The van der Waals surface area contributed by atoms with Crippen LogP contribution in [0.5, 0.6) is 0 Å². The molecule has 0 fully saturated rings. The van der Waals surface area contributed by atoms with Gasteiger partial charge in [-0.3, -0.25) is 0 Å². The predicted molar refractivity (Wildman–Crippen MR) is 56.6 cm³/mol. The molecule has 78 valence electrons. The van der Waals surface area contributed by atoms with E-state index in [2.05, 4.69) is 4.74 Å². The van der Waals surface area contributed by atoms with Crippen molar-refractivity contribution in [1.29, 1.82) is 5.26 Å². The maximum absolute atomic E-state index is 11.4. The minimum atomic E-state index is -0.454. The number of ether oxygens (including phenoxy) is 1. The zero-order chi connectivity index (χ0) is 11.4. The van der Waals surface area contributed by atoms with Crippen LogP contribution in [-0.4, -0.2) is 13.1 Å². The number of carbonyl (C=O) groups is 1. The van der Waals surface area contributed by atoms with Crippen LogP contribution in [0.1, 0.15) is 34.0 Å². The van der Waals surface area contributed by atoms with Crippen LogP contribution >= 0.6 is 0 Å². The van der Waals surface area contributed by atoms with Gasteiger partial charge in [0.1, 0.15) is 6.07 Å². The average molecular weight is 203 g/mol. The monoisotopic (exact) mass is 203 g/mol. The van der Waals surface area contributed by atoms with Gasteiger partial charge in [0, 0.05) is 0 Å². The molecule has 1 rings (SSSR count). The first-order valence-corrected chi connectivity index (χ1v) is 4.76. The van der Waals surface area contributed by atoms with E-state index < -0.39 is 5.97 Å². The summed E-state index contributed by atoms with van der Waals surface area (Å²) in [7, 11) is 1.32. The lowest BCUT2D eigenvalue weighted by Crippen LogP contribution is -2.06. The highest BCUT2D eigenvalue weighted by Crippen LogP contribution is 2.17. The molecule has 0 atom stereocenters. The number of nitrogens with zero attached hydrogens (tertiary/aromatic N) is 1. The third kappa shape index (κ3) is 2.16. The second-order valence-electron chi connectivity index (χ2n) is 3.29. The zero-order valence-electron chi connectivity index (χ0n) is 9.13. The molecular weight excluding hydrogens is 190 g/mol. The van der Waals surface area contributed by atoms with Crippen molar-refractivity contribution >= 4 is 5.97 Å². The number of methoxy groups -OCH3 is 1. The molecule has 0 amide bonds. The van der Waals surface area contributed by atoms with Crippen LogP contribution in [0.3, 0.4) is 0 Å². The van der Waals surface area contributed by atoms with Gasteiger partial charge < -0.3 is 4.74 Å². The van der Waals surface area contributed by atoms with Crippen LogP contribution in [0.15, 0.2) is 12.1 Å². The highest BCUT2D eigenvalue weighted by Gasteiger charge is 2.14. The van der Waals surface area contributed by atoms with Crippen molar-refractivity contribution in [3.05, 3.63) is 34.4 Å². The summed E-state index contributed by atoms with van der Waals surface area (Å²) < 4.78 is 4.64. The molecular formula is C12H13NO2. The van der Waals surface area contributed by atoms with Crippen molar-refractivity contribution in [2.75, 3.05) is 7.11 Å². The molecule has 3 heteroatoms. The highest BCUT2D eigenvalue weighted by atomic mass is 16.5. The molecule has 0 aliphatic rings. The Hall–Kier alpha value is -1.82. The first kappa shape index (κ1) is 11.3. The molecule has 1 aromatic rings. The minimum Gasteiger partial charge on any atom is -0.465 e. The second-order valence-corrected chi connectivity index (χ2v) is 3.29. The SMILES string of the molecule is CCc1cc(C)c(C#N)c(C(=O)OC)c1. The van der Waals surface area contributed by atoms with Crippen molar-refractivity contribution in [2.24, 2.45) is 0 Å². The van der Waals surface area contributed by atoms with Crippen LogP contribution in [0.2, 0.25) is 0 Å². The maximum Gasteiger partial charge on any atom is 0.339 e. The lowest BCUT2D eigenvalue weighted by atomic mass is 9.98. The Balaban J connectivity index is 3.40. The lowest BCUT2D eigenvalue weighted by Gasteiger charge is -2.07. The van der Waals surface area contributed by atoms with Gasteiger partial charge in [-0.25, -0.2) is 4.79 Å². The summed E-state index contributed by atoms with van der Waals surface area (Å²) in [5, 5.41) is 8.95. The van der Waals surface area contributed by atoms with Gasteiger partial charge in [-0.2, -0.15) is 5.26 Å². The van der Waals surface area contributed by atoms with Crippen LogP contribution in [0, 0.1) is 18.3 Å². The molecule has 0 aromatic heterocycles. The molecule has 15 heavy (non-hydrogen) atoms. The Morgan fingerprint density at radius 1 is 1.53 bits per heavy atom. The van der Waals surface area contributed by atoms with E-state index in [4.69, 9.17) is 5.26 Å². The van der Waals surface area contributed by atoms with Gasteiger partial charge in [-0.15, -0.1) is 0 Å². The number of hydrogen-bond acceptors (Lipinski definition) is 3. The number of rotatable bonds is 2. The largest absolute Gasteiger partial charge is 0.465 e. The Morgan fingerprint density at radius 2 is 2.20 bits per heavy atom. The van der Waals surface area contributed by atoms with Crippen LogP contribution in [-0.2, 0) is 11.2 Å². The number of esters is 1. The summed E-state index contributed by atoms with van der Waals surface area (Å²) >= 11 is 0. The van der Waals surface area contributed by atoms with Gasteiger partial charge in [0.25, 0.3) is 0 Å². The topological polar surface area (TPSA) is 50.1 Å². The molecule has 0 saturated carbocycles. The van der Waals surface area contributed by atoms with E-state index in [0.717, 1.165) is 17.5 Å². The Morgan fingerprint density at radius 3 is 2.67 bits per heavy atom. The van der Waals surface area contributed by atoms with Gasteiger partial charge in [0.2, 0.25) is 0 Å². The number of carbonyl (C=O) groups excluding carboxylic acids is 1. The van der Waals surface area contributed by atoms with Crippen molar-refractivity contribution < 1.29 is 9.53 Å². The van der Waals surface area contributed by atoms with E-state index in [0.29, 0.717) is 11.1 Å². The van der Waals surface area contributed by atoms with E-state index >= 15 is 0 Å². The van der Waals surface area contributed by atoms with Crippen LogP contribution in [0.25, 0.3) is 0 Å². The molecule has 0 unspecified atom stereocenters. The first-order chi connectivity index (χ1) is 7.13. The number of benzene rings is 1. The Kier molecular flexibility index (Phi) is 3.46. The van der Waals surface area contributed by atoms with Gasteiger partial charge in [0.05, 0.1) is 18.2 Å². The molecule has 0 heterocycles. The van der Waals surface area contributed by atoms with Gasteiger partial charge >= 0.3 is 5.97 Å². The molecule has 0 N–H and O–H groups in total. The van der Waals surface area contributed by atoms with Gasteiger partial charge in [0.15, 0.2) is 0 Å². The van der Waals surface area contributed by atoms with Crippen LogP contribution in [0.4, 0.5) is 0 Å². The molecule has 3 nitrogen and oxygen atoms in total. The smallest absolute Gasteiger partial charge is 0.339 e. The molecule has 0 saturated heterocycles. The fourth-order valence-electron chi connectivity index (χ4n) is 1.49. The second kappa shape index (κ2) is 4.61. The first-order valence-electron chi connectivity index (χ1n) is 4.76. The lowest BCUT2D eigenvalue weighted by molar-refractivity contribution is 0.0600. The molecule has 1 aromatic carbocycles. The van der Waals surface area contributed by atoms with Gasteiger partial charge in [-0.05, 0) is 30.5 Å². The summed E-state index contributed by atoms with van der Waals surface area (Å²) in [6.07, 6.45) is 0.830. The van der Waals surface area contributed by atoms with Crippen molar-refractivity contribution in [3.63, 3.8) is 0 Å². The summed E-state index contributed by atoms with van der Waals surface area (Å²) in [6.45, 7) is 3.83. The van der Waals surface area contributed by atoms with Crippen LogP contribution < -0.4 is 0 Å². The molecule has 0 spiro atoms.